The Labute approximate surface area is 158 Å². The molecule has 1 N–H and O–H groups in total. The third-order valence-corrected chi connectivity index (χ3v) is 5.31. The van der Waals surface area contributed by atoms with Crippen molar-refractivity contribution in [3.63, 3.8) is 0 Å². The van der Waals surface area contributed by atoms with Crippen molar-refractivity contribution >= 4 is 11.8 Å². The van der Waals surface area contributed by atoms with Crippen LogP contribution in [0.3, 0.4) is 0 Å². The molecule has 1 aliphatic heterocycles. The molecule has 2 aromatic rings. The molecule has 1 saturated carbocycles. The molecule has 2 aliphatic rings. The largest absolute Gasteiger partial charge is 0.442 e. The molecule has 1 amide bonds. The highest BCUT2D eigenvalue weighted by molar-refractivity contribution is 5.90. The van der Waals surface area contributed by atoms with Crippen molar-refractivity contribution in [2.24, 2.45) is 0 Å². The standard InChI is InChI=1S/C18H19F3N4O3/c19-13-7-14(16(20)17(21)15(13)10-1-3-11(26)4-2-10)25-9-12(28-18(25)27)8-24-6-5-22-23-24/h5-7,10-12,26H,1-4,8-9H2/t10?,11?,12-/m0/s1. The van der Waals surface area contributed by atoms with Crippen LogP contribution in [0.15, 0.2) is 18.5 Å². The lowest BCUT2D eigenvalue weighted by Gasteiger charge is -2.27. The summed E-state index contributed by atoms with van der Waals surface area (Å²) >= 11 is 0. The minimum absolute atomic E-state index is 0.0660. The summed E-state index contributed by atoms with van der Waals surface area (Å²) in [5.74, 6) is -3.97. The minimum atomic E-state index is -1.29. The number of aliphatic hydroxyl groups excluding tert-OH is 1. The normalized spacial score (nSPS) is 25.2. The van der Waals surface area contributed by atoms with Gasteiger partial charge in [-0.25, -0.2) is 22.6 Å². The van der Waals surface area contributed by atoms with Gasteiger partial charge in [0.05, 0.1) is 31.1 Å². The van der Waals surface area contributed by atoms with Crippen molar-refractivity contribution in [3.8, 4) is 0 Å². The number of benzene rings is 1. The van der Waals surface area contributed by atoms with Crippen LogP contribution in [0.2, 0.25) is 0 Å². The maximum Gasteiger partial charge on any atom is 0.414 e. The second-order valence-corrected chi connectivity index (χ2v) is 7.17. The summed E-state index contributed by atoms with van der Waals surface area (Å²) in [5, 5.41) is 17.0. The highest BCUT2D eigenvalue weighted by atomic mass is 19.2. The number of nitrogens with zero attached hydrogens (tertiary/aromatic N) is 4. The van der Waals surface area contributed by atoms with Crippen molar-refractivity contribution in [2.45, 2.75) is 50.4 Å². The van der Waals surface area contributed by atoms with Crippen LogP contribution in [0.25, 0.3) is 0 Å². The summed E-state index contributed by atoms with van der Waals surface area (Å²) in [6.07, 6.45) is 2.58. The number of aromatic nitrogens is 3. The highest BCUT2D eigenvalue weighted by Gasteiger charge is 2.37. The highest BCUT2D eigenvalue weighted by Crippen LogP contribution is 2.39. The molecular formula is C18H19F3N4O3. The summed E-state index contributed by atoms with van der Waals surface area (Å²) in [5.41, 5.74) is -0.805. The van der Waals surface area contributed by atoms with Gasteiger partial charge in [-0.2, -0.15) is 0 Å². The maximum absolute atomic E-state index is 14.7. The van der Waals surface area contributed by atoms with E-state index in [1.54, 1.807) is 6.20 Å². The van der Waals surface area contributed by atoms with Crippen LogP contribution < -0.4 is 4.90 Å². The second kappa shape index (κ2) is 7.42. The smallest absolute Gasteiger partial charge is 0.414 e. The molecule has 150 valence electrons. The first kappa shape index (κ1) is 18.7. The molecule has 28 heavy (non-hydrogen) atoms. The van der Waals surface area contributed by atoms with Crippen molar-refractivity contribution in [2.75, 3.05) is 11.4 Å². The van der Waals surface area contributed by atoms with Crippen molar-refractivity contribution in [1.82, 2.24) is 15.0 Å². The van der Waals surface area contributed by atoms with Crippen LogP contribution in [0.1, 0.15) is 37.2 Å². The first-order chi connectivity index (χ1) is 13.4. The predicted octanol–water partition coefficient (Wildman–Crippen LogP) is 2.74. The number of aliphatic hydroxyl groups is 1. The molecule has 0 radical (unpaired) electrons. The molecule has 1 aromatic heterocycles. The van der Waals surface area contributed by atoms with Gasteiger partial charge in [0.2, 0.25) is 0 Å². The van der Waals surface area contributed by atoms with E-state index in [0.29, 0.717) is 25.7 Å². The Bertz CT molecular complexity index is 869. The number of halogens is 3. The SMILES string of the molecule is O=C1O[C@@H](Cn2ccnn2)CN1c1cc(F)c(C2CCC(O)CC2)c(F)c1F. The molecule has 2 fully saturated rings. The Hall–Kier alpha value is -2.62. The molecule has 7 nitrogen and oxygen atoms in total. The lowest BCUT2D eigenvalue weighted by atomic mass is 9.82. The molecule has 0 spiro atoms. The van der Waals surface area contributed by atoms with Gasteiger partial charge in [0.1, 0.15) is 11.9 Å². The van der Waals surface area contributed by atoms with Gasteiger partial charge in [0, 0.05) is 17.8 Å². The first-order valence-electron chi connectivity index (χ1n) is 9.11. The third-order valence-electron chi connectivity index (χ3n) is 5.31. The zero-order valence-electron chi connectivity index (χ0n) is 14.9. The average molecular weight is 396 g/mol. The fourth-order valence-electron chi connectivity index (χ4n) is 3.88. The monoisotopic (exact) mass is 396 g/mol. The van der Waals surface area contributed by atoms with Crippen LogP contribution in [0, 0.1) is 17.5 Å². The van der Waals surface area contributed by atoms with Crippen LogP contribution in [-0.2, 0) is 11.3 Å². The van der Waals surface area contributed by atoms with Crippen molar-refractivity contribution in [3.05, 3.63) is 41.5 Å². The zero-order chi connectivity index (χ0) is 19.8. The Kier molecular flexibility index (Phi) is 4.96. The van der Waals surface area contributed by atoms with E-state index in [1.165, 1.54) is 10.9 Å². The van der Waals surface area contributed by atoms with Gasteiger partial charge < -0.3 is 9.84 Å². The molecule has 10 heteroatoms. The Balaban J connectivity index is 1.57. The van der Waals surface area contributed by atoms with Gasteiger partial charge in [-0.15, -0.1) is 5.10 Å². The van der Waals surface area contributed by atoms with Crippen molar-refractivity contribution in [1.29, 1.82) is 0 Å². The fourth-order valence-corrected chi connectivity index (χ4v) is 3.88. The summed E-state index contributed by atoms with van der Waals surface area (Å²) < 4.78 is 50.7. The van der Waals surface area contributed by atoms with Crippen LogP contribution in [0.4, 0.5) is 23.7 Å². The van der Waals surface area contributed by atoms with Gasteiger partial charge >= 0.3 is 6.09 Å². The Morgan fingerprint density at radius 3 is 2.61 bits per heavy atom. The Morgan fingerprint density at radius 1 is 1.18 bits per heavy atom. The van der Waals surface area contributed by atoms with Crippen LogP contribution in [0.5, 0.6) is 0 Å². The zero-order valence-corrected chi connectivity index (χ0v) is 14.9. The van der Waals surface area contributed by atoms with E-state index in [4.69, 9.17) is 4.74 Å². The number of carbonyl (C=O) groups excluding carboxylic acids is 1. The molecule has 0 bridgehead atoms. The molecular weight excluding hydrogens is 377 g/mol. The van der Waals surface area contributed by atoms with E-state index in [-0.39, 0.29) is 18.7 Å². The topological polar surface area (TPSA) is 80.5 Å². The summed E-state index contributed by atoms with van der Waals surface area (Å²) in [4.78, 5) is 13.0. The molecule has 2 heterocycles. The number of hydrogen-bond donors (Lipinski definition) is 1. The molecule has 1 atom stereocenters. The van der Waals surface area contributed by atoms with Gasteiger partial charge in [-0.1, -0.05) is 5.21 Å². The Morgan fingerprint density at radius 2 is 1.93 bits per heavy atom. The molecule has 1 aromatic carbocycles. The molecule has 0 unspecified atom stereocenters. The minimum Gasteiger partial charge on any atom is -0.442 e. The van der Waals surface area contributed by atoms with Crippen molar-refractivity contribution < 1.29 is 27.8 Å². The van der Waals surface area contributed by atoms with E-state index in [2.05, 4.69) is 10.3 Å². The summed E-state index contributed by atoms with van der Waals surface area (Å²) in [6, 6.07) is 0.845. The van der Waals surface area contributed by atoms with E-state index >= 15 is 0 Å². The number of carbonyl (C=O) groups is 1. The van der Waals surface area contributed by atoms with E-state index in [1.807, 2.05) is 0 Å². The van der Waals surface area contributed by atoms with Crippen LogP contribution in [-0.4, -0.2) is 44.9 Å². The van der Waals surface area contributed by atoms with Gasteiger partial charge in [-0.3, -0.25) is 4.90 Å². The molecule has 4 rings (SSSR count). The number of amides is 1. The van der Waals surface area contributed by atoms with Gasteiger partial charge in [0.25, 0.3) is 0 Å². The summed E-state index contributed by atoms with van der Waals surface area (Å²) in [7, 11) is 0. The van der Waals surface area contributed by atoms with Gasteiger partial charge in [-0.05, 0) is 31.6 Å². The van der Waals surface area contributed by atoms with Gasteiger partial charge in [0.15, 0.2) is 11.6 Å². The quantitative estimate of drug-likeness (QED) is 0.804. The van der Waals surface area contributed by atoms with E-state index in [0.717, 1.165) is 11.0 Å². The lowest BCUT2D eigenvalue weighted by molar-refractivity contribution is 0.121. The predicted molar refractivity (Wildman–Crippen MR) is 91.2 cm³/mol. The number of ether oxygens (including phenoxy) is 1. The average Bonchev–Trinajstić information content (AvgIpc) is 3.30. The first-order valence-corrected chi connectivity index (χ1v) is 9.11. The van der Waals surface area contributed by atoms with E-state index in [9.17, 15) is 23.1 Å². The molecule has 1 aliphatic carbocycles. The lowest BCUT2D eigenvalue weighted by Crippen LogP contribution is -2.28. The third kappa shape index (κ3) is 3.44. The maximum atomic E-state index is 14.7. The van der Waals surface area contributed by atoms with E-state index < -0.39 is 47.4 Å². The summed E-state index contributed by atoms with van der Waals surface area (Å²) in [6.45, 7) is 0.126. The number of cyclic esters (lactones) is 1. The number of hydrogen-bond acceptors (Lipinski definition) is 5. The second-order valence-electron chi connectivity index (χ2n) is 7.17. The number of anilines is 1. The fraction of sp³-hybridized carbons (Fsp3) is 0.500. The number of rotatable bonds is 4. The van der Waals surface area contributed by atoms with Crippen LogP contribution >= 0.6 is 0 Å². The molecule has 1 saturated heterocycles.